The van der Waals surface area contributed by atoms with Gasteiger partial charge in [0, 0.05) is 45.6 Å². The molecule has 0 bridgehead atoms. The Morgan fingerprint density at radius 1 is 1.21 bits per heavy atom. The van der Waals surface area contributed by atoms with Gasteiger partial charge in [0.15, 0.2) is 5.65 Å². The molecule has 4 N–H and O–H groups in total. The fourth-order valence-electron chi connectivity index (χ4n) is 4.72. The van der Waals surface area contributed by atoms with Gasteiger partial charge in [-0.05, 0) is 44.7 Å². The van der Waals surface area contributed by atoms with E-state index >= 15 is 0 Å². The third-order valence-corrected chi connectivity index (χ3v) is 7.86. The number of rotatable bonds is 7. The number of nitrogens with zero attached hydrogens (tertiary/aromatic N) is 3. The van der Waals surface area contributed by atoms with E-state index in [2.05, 4.69) is 56.7 Å². The molecule has 2 fully saturated rings. The number of aromatic amines is 2. The normalized spacial score (nSPS) is 18.2. The quantitative estimate of drug-likeness (QED) is 0.329. The average molecular weight is 476 g/mol. The Morgan fingerprint density at radius 3 is 2.76 bits per heavy atom. The van der Waals surface area contributed by atoms with Crippen LogP contribution < -0.4 is 27.0 Å². The summed E-state index contributed by atoms with van der Waals surface area (Å²) >= 11 is 1.78. The second kappa shape index (κ2) is 8.56. The molecule has 4 aromatic rings. The van der Waals surface area contributed by atoms with Gasteiger partial charge >= 0.3 is 5.69 Å². The number of imidazole rings is 1. The van der Waals surface area contributed by atoms with E-state index in [1.54, 1.807) is 17.5 Å². The van der Waals surface area contributed by atoms with Crippen LogP contribution in [0.3, 0.4) is 0 Å². The Hall–Kier alpha value is -3.17. The van der Waals surface area contributed by atoms with Crippen LogP contribution in [0.15, 0.2) is 28.5 Å². The van der Waals surface area contributed by atoms with Crippen molar-refractivity contribution >= 4 is 35.5 Å². The Labute approximate surface area is 200 Å². The third-order valence-electron chi connectivity index (χ3n) is 6.75. The molecule has 176 valence electrons. The lowest BCUT2D eigenvalue weighted by Crippen LogP contribution is -2.28. The molecule has 2 aliphatic carbocycles. The van der Waals surface area contributed by atoms with Crippen molar-refractivity contribution in [1.82, 2.24) is 29.9 Å². The summed E-state index contributed by atoms with van der Waals surface area (Å²) in [6, 6.07) is 5.79. The molecule has 0 radical (unpaired) electrons. The lowest BCUT2D eigenvalue weighted by atomic mass is 10.1. The fraction of sp³-hybridized carbons (Fsp3) is 0.400. The van der Waals surface area contributed by atoms with Gasteiger partial charge in [-0.2, -0.15) is 9.61 Å². The van der Waals surface area contributed by atoms with Gasteiger partial charge < -0.3 is 20.6 Å². The number of nitrogens with one attached hydrogen (secondary N) is 4. The first-order valence-corrected chi connectivity index (χ1v) is 12.9. The Bertz CT molecular complexity index is 1500. The smallest absolute Gasteiger partial charge is 0.323 e. The van der Waals surface area contributed by atoms with Crippen molar-refractivity contribution in [3.8, 4) is 11.3 Å². The van der Waals surface area contributed by atoms with E-state index in [1.165, 1.54) is 43.4 Å². The van der Waals surface area contributed by atoms with Crippen LogP contribution >= 0.6 is 11.3 Å². The van der Waals surface area contributed by atoms with Crippen LogP contribution in [0.5, 0.6) is 0 Å². The first-order valence-electron chi connectivity index (χ1n) is 12.0. The van der Waals surface area contributed by atoms with Crippen molar-refractivity contribution in [2.45, 2.75) is 63.6 Å². The van der Waals surface area contributed by atoms with Crippen molar-refractivity contribution in [2.75, 3.05) is 5.32 Å². The van der Waals surface area contributed by atoms with Crippen LogP contribution in [0.1, 0.15) is 61.9 Å². The van der Waals surface area contributed by atoms with Gasteiger partial charge in [-0.15, -0.1) is 11.3 Å². The number of anilines is 1. The highest BCUT2D eigenvalue weighted by Crippen LogP contribution is 2.33. The van der Waals surface area contributed by atoms with Crippen molar-refractivity contribution in [3.05, 3.63) is 55.3 Å². The van der Waals surface area contributed by atoms with Crippen LogP contribution in [-0.4, -0.2) is 36.6 Å². The van der Waals surface area contributed by atoms with Gasteiger partial charge in [0.05, 0.1) is 22.6 Å². The summed E-state index contributed by atoms with van der Waals surface area (Å²) < 4.78 is 1.85. The van der Waals surface area contributed by atoms with E-state index in [-0.39, 0.29) is 5.69 Å². The summed E-state index contributed by atoms with van der Waals surface area (Å²) in [6.45, 7) is 6.16. The molecule has 9 heteroatoms. The second-order valence-corrected chi connectivity index (χ2v) is 10.4. The molecular formula is C25H29N7OS. The minimum Gasteiger partial charge on any atom is -0.367 e. The van der Waals surface area contributed by atoms with Gasteiger partial charge in [-0.1, -0.05) is 19.4 Å². The second-order valence-electron chi connectivity index (χ2n) is 9.50. The predicted molar refractivity (Wildman–Crippen MR) is 137 cm³/mol. The minimum absolute atomic E-state index is 0.274. The largest absolute Gasteiger partial charge is 0.367 e. The number of aromatic nitrogens is 5. The van der Waals surface area contributed by atoms with Crippen molar-refractivity contribution in [2.24, 2.45) is 0 Å². The molecule has 8 nitrogen and oxygen atoms in total. The molecule has 0 saturated heterocycles. The molecule has 2 saturated carbocycles. The fourth-order valence-corrected chi connectivity index (χ4v) is 5.64. The molecule has 0 amide bonds. The van der Waals surface area contributed by atoms with E-state index in [0.717, 1.165) is 28.3 Å². The Kier molecular flexibility index (Phi) is 5.38. The maximum absolute atomic E-state index is 11.7. The number of fused-ring (bicyclic) bond motifs is 1. The lowest BCUT2D eigenvalue weighted by molar-refractivity contribution is 0.466. The molecular weight excluding hydrogens is 446 g/mol. The molecule has 4 aromatic heterocycles. The molecule has 2 aliphatic rings. The highest BCUT2D eigenvalue weighted by molar-refractivity contribution is 7.10. The number of hydrogen-bond donors (Lipinski definition) is 4. The van der Waals surface area contributed by atoms with Gasteiger partial charge in [-0.3, -0.25) is 0 Å². The van der Waals surface area contributed by atoms with Crippen LogP contribution in [-0.2, 0) is 0 Å². The minimum atomic E-state index is -0.274. The summed E-state index contributed by atoms with van der Waals surface area (Å²) in [4.78, 5) is 23.4. The molecule has 34 heavy (non-hydrogen) atoms. The zero-order valence-electron chi connectivity index (χ0n) is 19.2. The van der Waals surface area contributed by atoms with E-state index < -0.39 is 0 Å². The summed E-state index contributed by atoms with van der Waals surface area (Å²) in [7, 11) is 0. The maximum Gasteiger partial charge on any atom is 0.323 e. The highest BCUT2D eigenvalue weighted by atomic mass is 32.1. The zero-order valence-corrected chi connectivity index (χ0v) is 20.0. The van der Waals surface area contributed by atoms with Crippen LogP contribution in [0.25, 0.3) is 29.6 Å². The van der Waals surface area contributed by atoms with Gasteiger partial charge in [0.2, 0.25) is 0 Å². The first kappa shape index (κ1) is 21.4. The van der Waals surface area contributed by atoms with Gasteiger partial charge in [0.25, 0.3) is 0 Å². The number of H-pyrrole nitrogens is 2. The third kappa shape index (κ3) is 4.21. The molecule has 0 aromatic carbocycles. The predicted octanol–water partition coefficient (Wildman–Crippen LogP) is 2.88. The van der Waals surface area contributed by atoms with E-state index in [4.69, 9.17) is 4.98 Å². The standard InChI is InChI=1S/C25H29N7OS/c1-14-20(31-25(33)28-14)9-16-12-26-32-23(29-19-7-8-19)11-21(30-24(16)32)17-10-22(34-13-17)15(2)27-18-5-3-4-6-18/h9-13,15,18-19,27,29H,1,3-8H2,2H3,(H2,28,31,33)/b20-9-. The Morgan fingerprint density at radius 2 is 2.03 bits per heavy atom. The highest BCUT2D eigenvalue weighted by Gasteiger charge is 2.24. The summed E-state index contributed by atoms with van der Waals surface area (Å²) in [5.74, 6) is 0.935. The van der Waals surface area contributed by atoms with Crippen molar-refractivity contribution in [3.63, 3.8) is 0 Å². The van der Waals surface area contributed by atoms with Crippen LogP contribution in [0.2, 0.25) is 0 Å². The van der Waals surface area contributed by atoms with Crippen molar-refractivity contribution < 1.29 is 0 Å². The van der Waals surface area contributed by atoms with Crippen LogP contribution in [0, 0.1) is 0 Å². The van der Waals surface area contributed by atoms with E-state index in [0.29, 0.717) is 28.8 Å². The van der Waals surface area contributed by atoms with Gasteiger partial charge in [0.1, 0.15) is 5.82 Å². The van der Waals surface area contributed by atoms with Crippen molar-refractivity contribution in [1.29, 1.82) is 0 Å². The van der Waals surface area contributed by atoms with Gasteiger partial charge in [-0.25, -0.2) is 9.78 Å². The van der Waals surface area contributed by atoms with E-state index in [1.807, 2.05) is 10.6 Å². The number of thiophene rings is 1. The van der Waals surface area contributed by atoms with Crippen LogP contribution in [0.4, 0.5) is 5.82 Å². The average Bonchev–Trinajstić information content (AvgIpc) is 3.24. The summed E-state index contributed by atoms with van der Waals surface area (Å²) in [6.07, 6.45) is 11.2. The first-order chi connectivity index (χ1) is 16.5. The monoisotopic (exact) mass is 475 g/mol. The molecule has 4 heterocycles. The molecule has 0 spiro atoms. The maximum atomic E-state index is 11.7. The molecule has 6 rings (SSSR count). The summed E-state index contributed by atoms with van der Waals surface area (Å²) in [5, 5.41) is 15.4. The zero-order chi connectivity index (χ0) is 23.2. The number of hydrogen-bond acceptors (Lipinski definition) is 6. The van der Waals surface area contributed by atoms with E-state index in [9.17, 15) is 4.79 Å². The molecule has 0 aliphatic heterocycles. The SMILES string of the molecule is C=c1[nH]c(=O)[nH]/c1=C\c1cnn2c(NC3CC3)cc(-c3csc(C(C)NC4CCCC4)c3)nc12. The summed E-state index contributed by atoms with van der Waals surface area (Å²) in [5.41, 5.74) is 3.32. The topological polar surface area (TPSA) is 103 Å². The lowest BCUT2D eigenvalue weighted by Gasteiger charge is -2.17. The Balaban J connectivity index is 1.39. The molecule has 1 unspecified atom stereocenters. The molecule has 1 atom stereocenters.